The number of hydrogen-bond acceptors (Lipinski definition) is 7. The number of rotatable bonds is 4. The van der Waals surface area contributed by atoms with Gasteiger partial charge in [-0.3, -0.25) is 4.90 Å². The van der Waals surface area contributed by atoms with E-state index in [1.807, 2.05) is 11.8 Å². The number of carbonyl (C=O) groups is 1. The quantitative estimate of drug-likeness (QED) is 0.767. The number of anilines is 2. The van der Waals surface area contributed by atoms with Crippen molar-refractivity contribution in [3.63, 3.8) is 0 Å². The second kappa shape index (κ2) is 8.16. The predicted octanol–water partition coefficient (Wildman–Crippen LogP) is 1.95. The van der Waals surface area contributed by atoms with Crippen LogP contribution in [0.1, 0.15) is 27.2 Å². The highest BCUT2D eigenvalue weighted by Crippen LogP contribution is 2.31. The third-order valence-corrected chi connectivity index (χ3v) is 4.50. The van der Waals surface area contributed by atoms with Crippen LogP contribution in [0.4, 0.5) is 16.6 Å². The smallest absolute Gasteiger partial charge is 0.416 e. The first-order valence-electron chi connectivity index (χ1n) is 8.34. The zero-order valence-electron chi connectivity index (χ0n) is 15.1. The molecule has 0 bridgehead atoms. The SMILES string of the molecule is C[C@H]1C(CC(C)(C)O)OC(=O)N1c1cc(Cl)nc(N2CCOCC2)n1.S. The van der Waals surface area contributed by atoms with Crippen molar-refractivity contribution in [1.29, 1.82) is 0 Å². The van der Waals surface area contributed by atoms with Crippen LogP contribution in [0.5, 0.6) is 0 Å². The number of ether oxygens (including phenoxy) is 2. The summed E-state index contributed by atoms with van der Waals surface area (Å²) in [6.07, 6.45) is -0.580. The Morgan fingerprint density at radius 2 is 2.00 bits per heavy atom. The fourth-order valence-corrected chi connectivity index (χ4v) is 3.22. The Morgan fingerprint density at radius 3 is 2.62 bits per heavy atom. The van der Waals surface area contributed by atoms with Gasteiger partial charge in [0.15, 0.2) is 0 Å². The van der Waals surface area contributed by atoms with Crippen molar-refractivity contribution in [3.05, 3.63) is 11.2 Å². The molecular weight excluding hydrogens is 380 g/mol. The second-order valence-corrected chi connectivity index (χ2v) is 7.38. The Bertz CT molecular complexity index is 652. The van der Waals surface area contributed by atoms with E-state index in [1.54, 1.807) is 19.9 Å². The minimum atomic E-state index is -0.933. The molecule has 2 atom stereocenters. The summed E-state index contributed by atoms with van der Waals surface area (Å²) in [6.45, 7) is 7.78. The van der Waals surface area contributed by atoms with E-state index < -0.39 is 17.8 Å². The summed E-state index contributed by atoms with van der Waals surface area (Å²) in [5, 5.41) is 10.3. The monoisotopic (exact) mass is 404 g/mol. The molecule has 0 spiro atoms. The number of morpholine rings is 1. The van der Waals surface area contributed by atoms with Crippen LogP contribution in [-0.4, -0.2) is 65.2 Å². The molecule has 0 aromatic carbocycles. The van der Waals surface area contributed by atoms with Crippen LogP contribution in [0, 0.1) is 0 Å². The van der Waals surface area contributed by atoms with Gasteiger partial charge in [0.05, 0.1) is 24.9 Å². The van der Waals surface area contributed by atoms with Crippen LogP contribution >= 0.6 is 25.1 Å². The van der Waals surface area contributed by atoms with E-state index in [-0.39, 0.29) is 24.7 Å². The Morgan fingerprint density at radius 1 is 1.35 bits per heavy atom. The highest BCUT2D eigenvalue weighted by atomic mass is 35.5. The molecule has 1 aromatic rings. The molecule has 1 amide bonds. The maximum absolute atomic E-state index is 12.4. The van der Waals surface area contributed by atoms with Crippen molar-refractivity contribution < 1.29 is 19.4 Å². The topological polar surface area (TPSA) is 88.0 Å². The molecule has 8 nitrogen and oxygen atoms in total. The van der Waals surface area contributed by atoms with Crippen LogP contribution in [-0.2, 0) is 9.47 Å². The lowest BCUT2D eigenvalue weighted by Crippen LogP contribution is -2.39. The van der Waals surface area contributed by atoms with E-state index >= 15 is 0 Å². The Labute approximate surface area is 164 Å². The lowest BCUT2D eigenvalue weighted by Gasteiger charge is -2.28. The third-order valence-electron chi connectivity index (χ3n) is 4.31. The number of carbonyl (C=O) groups excluding carboxylic acids is 1. The van der Waals surface area contributed by atoms with Crippen molar-refractivity contribution in [2.45, 2.75) is 44.9 Å². The van der Waals surface area contributed by atoms with Gasteiger partial charge in [0.2, 0.25) is 5.95 Å². The van der Waals surface area contributed by atoms with E-state index in [1.165, 1.54) is 4.90 Å². The lowest BCUT2D eigenvalue weighted by atomic mass is 9.97. The van der Waals surface area contributed by atoms with Crippen LogP contribution in [0.25, 0.3) is 0 Å². The Balaban J connectivity index is 0.00000243. The zero-order valence-corrected chi connectivity index (χ0v) is 16.9. The molecule has 1 unspecified atom stereocenters. The molecule has 2 aliphatic heterocycles. The summed E-state index contributed by atoms with van der Waals surface area (Å²) in [7, 11) is 0. The van der Waals surface area contributed by atoms with Gasteiger partial charge in [-0.1, -0.05) is 11.6 Å². The van der Waals surface area contributed by atoms with E-state index in [4.69, 9.17) is 21.1 Å². The summed E-state index contributed by atoms with van der Waals surface area (Å²) in [6, 6.07) is 1.28. The van der Waals surface area contributed by atoms with Crippen molar-refractivity contribution in [2.24, 2.45) is 0 Å². The molecule has 1 N–H and O–H groups in total. The maximum Gasteiger partial charge on any atom is 0.416 e. The molecule has 10 heteroatoms. The highest BCUT2D eigenvalue weighted by Gasteiger charge is 2.42. The van der Waals surface area contributed by atoms with Crippen molar-refractivity contribution in [1.82, 2.24) is 9.97 Å². The molecule has 2 fully saturated rings. The average Bonchev–Trinajstić information content (AvgIpc) is 2.79. The standard InChI is InChI=1S/C16H23ClN4O4.H2S/c1-10-11(9-16(2,3)23)25-15(22)21(10)13-8-12(17)18-14(19-13)20-4-6-24-7-5-20;/h8,10-11,23H,4-7,9H2,1-3H3;1H2/t10-,11?;/m0./s1. The number of cyclic esters (lactones) is 1. The van der Waals surface area contributed by atoms with Crippen molar-refractivity contribution in [3.8, 4) is 0 Å². The van der Waals surface area contributed by atoms with E-state index in [9.17, 15) is 9.90 Å². The van der Waals surface area contributed by atoms with Gasteiger partial charge in [0.25, 0.3) is 0 Å². The fourth-order valence-electron chi connectivity index (χ4n) is 3.05. The number of aromatic nitrogens is 2. The molecule has 0 radical (unpaired) electrons. The number of nitrogens with zero attached hydrogens (tertiary/aromatic N) is 4. The highest BCUT2D eigenvalue weighted by molar-refractivity contribution is 7.59. The van der Waals surface area contributed by atoms with Crippen LogP contribution < -0.4 is 9.80 Å². The normalized spacial score (nSPS) is 23.7. The first kappa shape index (κ1) is 21.0. The summed E-state index contributed by atoms with van der Waals surface area (Å²) in [4.78, 5) is 24.6. The second-order valence-electron chi connectivity index (χ2n) is 7.00. The van der Waals surface area contributed by atoms with Crippen LogP contribution in [0.15, 0.2) is 6.07 Å². The number of halogens is 1. The third kappa shape index (κ3) is 4.70. The van der Waals surface area contributed by atoms with Gasteiger partial charge in [-0.05, 0) is 20.8 Å². The van der Waals surface area contributed by atoms with Gasteiger partial charge in [0.1, 0.15) is 17.1 Å². The first-order chi connectivity index (χ1) is 11.7. The maximum atomic E-state index is 12.4. The Hall–Kier alpha value is -1.29. The van der Waals surface area contributed by atoms with E-state index in [2.05, 4.69) is 9.97 Å². The molecule has 0 saturated carbocycles. The predicted molar refractivity (Wildman–Crippen MR) is 104 cm³/mol. The average molecular weight is 405 g/mol. The van der Waals surface area contributed by atoms with Gasteiger partial charge in [-0.2, -0.15) is 18.5 Å². The lowest BCUT2D eigenvalue weighted by molar-refractivity contribution is 0.0198. The fraction of sp³-hybridized carbons (Fsp3) is 0.688. The van der Waals surface area contributed by atoms with E-state index in [0.29, 0.717) is 44.5 Å². The molecule has 0 aliphatic carbocycles. The van der Waals surface area contributed by atoms with Crippen molar-refractivity contribution in [2.75, 3.05) is 36.1 Å². The molecule has 3 rings (SSSR count). The minimum absolute atomic E-state index is 0. The number of amides is 1. The minimum Gasteiger partial charge on any atom is -0.443 e. The van der Waals surface area contributed by atoms with Gasteiger partial charge >= 0.3 is 6.09 Å². The molecule has 146 valence electrons. The van der Waals surface area contributed by atoms with Gasteiger partial charge in [-0.15, -0.1) is 0 Å². The van der Waals surface area contributed by atoms with Crippen LogP contribution in [0.2, 0.25) is 5.15 Å². The van der Waals surface area contributed by atoms with Gasteiger partial charge in [-0.25, -0.2) is 9.78 Å². The van der Waals surface area contributed by atoms with Crippen LogP contribution in [0.3, 0.4) is 0 Å². The zero-order chi connectivity index (χ0) is 18.2. The molecule has 1 aromatic heterocycles. The summed E-state index contributed by atoms with van der Waals surface area (Å²) in [5.74, 6) is 0.869. The molecule has 2 aliphatic rings. The molecule has 3 heterocycles. The molecule has 26 heavy (non-hydrogen) atoms. The Kier molecular flexibility index (Phi) is 6.60. The number of hydrogen-bond donors (Lipinski definition) is 1. The summed E-state index contributed by atoms with van der Waals surface area (Å²) < 4.78 is 10.8. The summed E-state index contributed by atoms with van der Waals surface area (Å²) >= 11 is 6.16. The van der Waals surface area contributed by atoms with Crippen molar-refractivity contribution >= 4 is 43.0 Å². The van der Waals surface area contributed by atoms with E-state index in [0.717, 1.165) is 0 Å². The van der Waals surface area contributed by atoms with Gasteiger partial charge in [0, 0.05) is 25.6 Å². The number of aliphatic hydroxyl groups is 1. The van der Waals surface area contributed by atoms with Gasteiger partial charge < -0.3 is 19.5 Å². The first-order valence-corrected chi connectivity index (χ1v) is 8.72. The molecule has 2 saturated heterocycles. The summed E-state index contributed by atoms with van der Waals surface area (Å²) in [5.41, 5.74) is -0.933. The largest absolute Gasteiger partial charge is 0.443 e. The molecular formula is C16H25ClN4O4S.